The first-order chi connectivity index (χ1) is 10.7. The topological polar surface area (TPSA) is 56.8 Å². The minimum atomic E-state index is -0.0712. The first kappa shape index (κ1) is 17.5. The van der Waals surface area contributed by atoms with E-state index in [9.17, 15) is 4.79 Å². The van der Waals surface area contributed by atoms with Crippen molar-refractivity contribution in [2.45, 2.75) is 32.8 Å². The van der Waals surface area contributed by atoms with Gasteiger partial charge in [0.2, 0.25) is 0 Å². The fraction of sp³-hybridized carbons (Fsp3) is 0.938. The molecule has 0 saturated carbocycles. The second-order valence-corrected chi connectivity index (χ2v) is 6.57. The van der Waals surface area contributed by atoms with Crippen LogP contribution in [0.5, 0.6) is 0 Å². The monoisotopic (exact) mass is 312 g/mol. The van der Waals surface area contributed by atoms with Crippen LogP contribution in [0.25, 0.3) is 0 Å². The number of carbonyl (C=O) groups excluding carboxylic acids is 1. The van der Waals surface area contributed by atoms with E-state index < -0.39 is 0 Å². The zero-order valence-electron chi connectivity index (χ0n) is 14.1. The van der Waals surface area contributed by atoms with Crippen molar-refractivity contribution in [2.75, 3.05) is 59.0 Å². The Labute approximate surface area is 134 Å². The Hall–Kier alpha value is -0.850. The summed E-state index contributed by atoms with van der Waals surface area (Å²) in [5.74, 6) is 0.474. The summed E-state index contributed by atoms with van der Waals surface area (Å²) in [6.45, 7) is 13.4. The van der Waals surface area contributed by atoms with E-state index in [-0.39, 0.29) is 12.1 Å². The number of hydrogen-bond donors (Lipinski definition) is 2. The lowest BCUT2D eigenvalue weighted by Crippen LogP contribution is -2.48. The van der Waals surface area contributed by atoms with Crippen molar-refractivity contribution in [3.05, 3.63) is 0 Å². The molecule has 22 heavy (non-hydrogen) atoms. The van der Waals surface area contributed by atoms with Crippen LogP contribution in [0.4, 0.5) is 4.79 Å². The van der Waals surface area contributed by atoms with Crippen LogP contribution in [-0.4, -0.2) is 80.9 Å². The molecular formula is C16H32N4O2. The van der Waals surface area contributed by atoms with Gasteiger partial charge in [0.25, 0.3) is 0 Å². The van der Waals surface area contributed by atoms with E-state index in [0.29, 0.717) is 12.5 Å². The van der Waals surface area contributed by atoms with Crippen molar-refractivity contribution in [3.8, 4) is 0 Å². The summed E-state index contributed by atoms with van der Waals surface area (Å²) in [7, 11) is 0. The van der Waals surface area contributed by atoms with Crippen molar-refractivity contribution >= 4 is 6.03 Å². The van der Waals surface area contributed by atoms with Gasteiger partial charge in [-0.3, -0.25) is 0 Å². The fourth-order valence-corrected chi connectivity index (χ4v) is 3.13. The summed E-state index contributed by atoms with van der Waals surface area (Å²) in [5, 5.41) is 5.87. The molecule has 0 aromatic heterocycles. The minimum Gasteiger partial charge on any atom is -0.376 e. The summed E-state index contributed by atoms with van der Waals surface area (Å²) in [6, 6.07) is -0.0712. The highest BCUT2D eigenvalue weighted by Gasteiger charge is 2.18. The third kappa shape index (κ3) is 6.10. The molecule has 2 fully saturated rings. The molecule has 6 heteroatoms. The fourth-order valence-electron chi connectivity index (χ4n) is 3.13. The predicted molar refractivity (Wildman–Crippen MR) is 88.1 cm³/mol. The average Bonchev–Trinajstić information content (AvgIpc) is 3.05. The van der Waals surface area contributed by atoms with Gasteiger partial charge in [-0.05, 0) is 25.3 Å². The van der Waals surface area contributed by atoms with E-state index in [2.05, 4.69) is 34.3 Å². The molecule has 2 aliphatic heterocycles. The van der Waals surface area contributed by atoms with E-state index in [4.69, 9.17) is 4.74 Å². The third-order valence-electron chi connectivity index (χ3n) is 4.61. The summed E-state index contributed by atoms with van der Waals surface area (Å²) < 4.78 is 5.49. The van der Waals surface area contributed by atoms with Crippen LogP contribution in [-0.2, 0) is 4.74 Å². The van der Waals surface area contributed by atoms with E-state index in [1.165, 1.54) is 13.1 Å². The van der Waals surface area contributed by atoms with Crippen LogP contribution in [0.2, 0.25) is 0 Å². The maximum absolute atomic E-state index is 11.8. The molecule has 2 aliphatic rings. The third-order valence-corrected chi connectivity index (χ3v) is 4.61. The normalized spacial score (nSPS) is 25.1. The van der Waals surface area contributed by atoms with E-state index in [1.807, 2.05) is 0 Å². The molecule has 0 radical (unpaired) electrons. The number of carbonyl (C=O) groups is 1. The Bertz CT molecular complexity index is 326. The number of nitrogens with one attached hydrogen (secondary N) is 2. The molecular weight excluding hydrogens is 280 g/mol. The summed E-state index contributed by atoms with van der Waals surface area (Å²) >= 11 is 0. The Morgan fingerprint density at radius 2 is 1.95 bits per heavy atom. The Morgan fingerprint density at radius 3 is 2.59 bits per heavy atom. The number of piperazine rings is 1. The van der Waals surface area contributed by atoms with Gasteiger partial charge in [-0.25, -0.2) is 4.79 Å². The van der Waals surface area contributed by atoms with E-state index in [0.717, 1.165) is 52.2 Å². The first-order valence-electron chi connectivity index (χ1n) is 8.75. The molecule has 0 aromatic rings. The lowest BCUT2D eigenvalue weighted by atomic mass is 10.1. The predicted octanol–water partition coefficient (Wildman–Crippen LogP) is 0.738. The zero-order chi connectivity index (χ0) is 15.8. The standard InChI is InChI=1S/C16H32N4O2/c1-3-19-6-8-20(9-7-19)13-14(2)11-17-16(21)18-12-15-5-4-10-22-15/h14-15H,3-13H2,1-2H3,(H2,17,18,21). The first-order valence-corrected chi connectivity index (χ1v) is 8.75. The maximum Gasteiger partial charge on any atom is 0.314 e. The minimum absolute atomic E-state index is 0.0712. The molecule has 2 atom stereocenters. The zero-order valence-corrected chi connectivity index (χ0v) is 14.1. The SMILES string of the molecule is CCN1CCN(CC(C)CNC(=O)NCC2CCCO2)CC1. The van der Waals surface area contributed by atoms with Crippen LogP contribution in [0, 0.1) is 5.92 Å². The van der Waals surface area contributed by atoms with Crippen molar-refractivity contribution in [2.24, 2.45) is 5.92 Å². The molecule has 0 spiro atoms. The molecule has 6 nitrogen and oxygen atoms in total. The molecule has 2 N–H and O–H groups in total. The molecule has 2 unspecified atom stereocenters. The molecule has 2 amide bonds. The number of likely N-dealkylation sites (N-methyl/N-ethyl adjacent to an activating group) is 1. The number of amides is 2. The quantitative estimate of drug-likeness (QED) is 0.728. The summed E-state index contributed by atoms with van der Waals surface area (Å²) in [6.07, 6.45) is 2.37. The van der Waals surface area contributed by atoms with Gasteiger partial charge in [0.15, 0.2) is 0 Å². The summed E-state index contributed by atoms with van der Waals surface area (Å²) in [4.78, 5) is 16.8. The lowest BCUT2D eigenvalue weighted by Gasteiger charge is -2.35. The molecule has 2 heterocycles. The van der Waals surface area contributed by atoms with E-state index >= 15 is 0 Å². The van der Waals surface area contributed by atoms with Crippen LogP contribution in [0.3, 0.4) is 0 Å². The summed E-state index contributed by atoms with van der Waals surface area (Å²) in [5.41, 5.74) is 0. The van der Waals surface area contributed by atoms with Crippen molar-refractivity contribution < 1.29 is 9.53 Å². The van der Waals surface area contributed by atoms with Gasteiger partial charge < -0.3 is 25.2 Å². The van der Waals surface area contributed by atoms with Crippen molar-refractivity contribution in [1.29, 1.82) is 0 Å². The number of hydrogen-bond acceptors (Lipinski definition) is 4. The Balaban J connectivity index is 1.53. The van der Waals surface area contributed by atoms with E-state index in [1.54, 1.807) is 0 Å². The average molecular weight is 312 g/mol. The van der Waals surface area contributed by atoms with Gasteiger partial charge in [-0.2, -0.15) is 0 Å². The van der Waals surface area contributed by atoms with Gasteiger partial charge in [-0.1, -0.05) is 13.8 Å². The van der Waals surface area contributed by atoms with Crippen molar-refractivity contribution in [3.63, 3.8) is 0 Å². The van der Waals surface area contributed by atoms with Crippen LogP contribution >= 0.6 is 0 Å². The smallest absolute Gasteiger partial charge is 0.314 e. The molecule has 0 aliphatic carbocycles. The molecule has 2 rings (SSSR count). The lowest BCUT2D eigenvalue weighted by molar-refractivity contribution is 0.111. The van der Waals surface area contributed by atoms with Gasteiger partial charge in [0.05, 0.1) is 6.10 Å². The maximum atomic E-state index is 11.8. The molecule has 0 aromatic carbocycles. The number of nitrogens with zero attached hydrogens (tertiary/aromatic N) is 2. The number of ether oxygens (including phenoxy) is 1. The largest absolute Gasteiger partial charge is 0.376 e. The highest BCUT2D eigenvalue weighted by atomic mass is 16.5. The van der Waals surface area contributed by atoms with Gasteiger partial charge >= 0.3 is 6.03 Å². The highest BCUT2D eigenvalue weighted by Crippen LogP contribution is 2.10. The molecule has 128 valence electrons. The van der Waals surface area contributed by atoms with Crippen LogP contribution in [0.1, 0.15) is 26.7 Å². The van der Waals surface area contributed by atoms with Gasteiger partial charge in [0.1, 0.15) is 0 Å². The van der Waals surface area contributed by atoms with Crippen LogP contribution in [0.15, 0.2) is 0 Å². The van der Waals surface area contributed by atoms with Crippen LogP contribution < -0.4 is 10.6 Å². The number of rotatable bonds is 7. The molecule has 2 saturated heterocycles. The van der Waals surface area contributed by atoms with Crippen molar-refractivity contribution in [1.82, 2.24) is 20.4 Å². The number of urea groups is 1. The molecule has 0 bridgehead atoms. The van der Waals surface area contributed by atoms with Gasteiger partial charge in [0, 0.05) is 52.4 Å². The highest BCUT2D eigenvalue weighted by molar-refractivity contribution is 5.73. The Kier molecular flexibility index (Phi) is 7.42. The Morgan fingerprint density at radius 1 is 1.23 bits per heavy atom. The second kappa shape index (κ2) is 9.33. The second-order valence-electron chi connectivity index (χ2n) is 6.57. The van der Waals surface area contributed by atoms with Gasteiger partial charge in [-0.15, -0.1) is 0 Å².